The van der Waals surface area contributed by atoms with E-state index in [1.54, 1.807) is 6.40 Å². The topological polar surface area (TPSA) is 21.6 Å². The molecule has 1 aliphatic heterocycles. The van der Waals surface area contributed by atoms with Gasteiger partial charge in [-0.1, -0.05) is 19.8 Å². The minimum absolute atomic E-state index is 0.463. The number of hydrogen-bond acceptors (Lipinski definition) is 2. The Hall–Kier alpha value is -0.530. The van der Waals surface area contributed by atoms with Crippen molar-refractivity contribution in [3.05, 3.63) is 0 Å². The second-order valence-electron chi connectivity index (χ2n) is 2.38. The highest BCUT2D eigenvalue weighted by atomic mass is 16.5. The van der Waals surface area contributed by atoms with Crippen LogP contribution in [0.2, 0.25) is 0 Å². The molecule has 0 fully saturated rings. The maximum absolute atomic E-state index is 4.96. The van der Waals surface area contributed by atoms with Crippen molar-refractivity contribution in [2.75, 3.05) is 6.61 Å². The van der Waals surface area contributed by atoms with Crippen LogP contribution >= 0.6 is 0 Å². The first-order valence-electron chi connectivity index (χ1n) is 3.56. The molecule has 0 spiro atoms. The first-order valence-corrected chi connectivity index (χ1v) is 3.56. The van der Waals surface area contributed by atoms with Crippen LogP contribution in [0, 0.1) is 0 Å². The quantitative estimate of drug-likeness (QED) is 0.564. The van der Waals surface area contributed by atoms with Crippen LogP contribution < -0.4 is 0 Å². The number of hydrogen-bond donors (Lipinski definition) is 0. The standard InChI is InChI=1S/C7H13NO/c1-2-3-4-7-5-9-6-8-7/h6-7H,2-5H2,1H3. The van der Waals surface area contributed by atoms with Crippen LogP contribution in [-0.2, 0) is 4.74 Å². The molecule has 0 saturated carbocycles. The maximum Gasteiger partial charge on any atom is 0.169 e. The summed E-state index contributed by atoms with van der Waals surface area (Å²) in [6.45, 7) is 3.00. The molecule has 9 heavy (non-hydrogen) atoms. The summed E-state index contributed by atoms with van der Waals surface area (Å²) in [5.74, 6) is 0. The van der Waals surface area contributed by atoms with Crippen molar-refractivity contribution in [1.82, 2.24) is 0 Å². The molecule has 0 aromatic carbocycles. The summed E-state index contributed by atoms with van der Waals surface area (Å²) in [5.41, 5.74) is 0. The molecule has 52 valence electrons. The van der Waals surface area contributed by atoms with Crippen LogP contribution in [0.25, 0.3) is 0 Å². The lowest BCUT2D eigenvalue weighted by molar-refractivity contribution is 0.319. The fraction of sp³-hybridized carbons (Fsp3) is 0.857. The summed E-state index contributed by atoms with van der Waals surface area (Å²) in [5, 5.41) is 0. The molecule has 1 rings (SSSR count). The number of nitrogens with zero attached hydrogens (tertiary/aromatic N) is 1. The highest BCUT2D eigenvalue weighted by Gasteiger charge is 2.09. The van der Waals surface area contributed by atoms with E-state index in [9.17, 15) is 0 Å². The number of unbranched alkanes of at least 4 members (excludes halogenated alkanes) is 1. The first-order chi connectivity index (χ1) is 4.43. The average Bonchev–Trinajstić information content (AvgIpc) is 2.34. The second-order valence-corrected chi connectivity index (χ2v) is 2.38. The number of rotatable bonds is 3. The Bertz CT molecular complexity index is 101. The minimum atomic E-state index is 0.463. The Morgan fingerprint density at radius 2 is 2.67 bits per heavy atom. The summed E-state index contributed by atoms with van der Waals surface area (Å²) in [4.78, 5) is 4.13. The zero-order valence-electron chi connectivity index (χ0n) is 5.84. The molecule has 0 aromatic heterocycles. The van der Waals surface area contributed by atoms with Gasteiger partial charge in [0.2, 0.25) is 0 Å². The molecule has 0 N–H and O–H groups in total. The van der Waals surface area contributed by atoms with E-state index in [0.29, 0.717) is 6.04 Å². The minimum Gasteiger partial charge on any atom is -0.481 e. The van der Waals surface area contributed by atoms with E-state index in [-0.39, 0.29) is 0 Å². The van der Waals surface area contributed by atoms with E-state index in [1.165, 1.54) is 19.3 Å². The first kappa shape index (κ1) is 6.59. The van der Waals surface area contributed by atoms with Gasteiger partial charge in [-0.15, -0.1) is 0 Å². The van der Waals surface area contributed by atoms with Crippen molar-refractivity contribution in [2.24, 2.45) is 4.99 Å². The van der Waals surface area contributed by atoms with Gasteiger partial charge in [0.25, 0.3) is 0 Å². The average molecular weight is 127 g/mol. The summed E-state index contributed by atoms with van der Waals surface area (Å²) >= 11 is 0. The lowest BCUT2D eigenvalue weighted by Gasteiger charge is -2.01. The SMILES string of the molecule is CCCCC1COC=N1. The van der Waals surface area contributed by atoms with Crippen molar-refractivity contribution in [3.8, 4) is 0 Å². The second kappa shape index (κ2) is 3.49. The molecule has 1 unspecified atom stereocenters. The van der Waals surface area contributed by atoms with Gasteiger partial charge in [-0.25, -0.2) is 0 Å². The van der Waals surface area contributed by atoms with Gasteiger partial charge in [0.05, 0.1) is 6.04 Å². The summed E-state index contributed by atoms with van der Waals surface area (Å²) in [7, 11) is 0. The number of ether oxygens (including phenoxy) is 1. The lowest BCUT2D eigenvalue weighted by atomic mass is 10.1. The lowest BCUT2D eigenvalue weighted by Crippen LogP contribution is -2.04. The van der Waals surface area contributed by atoms with Crippen LogP contribution in [0.15, 0.2) is 4.99 Å². The van der Waals surface area contributed by atoms with Crippen LogP contribution in [0.4, 0.5) is 0 Å². The van der Waals surface area contributed by atoms with Gasteiger partial charge in [0, 0.05) is 0 Å². The van der Waals surface area contributed by atoms with Crippen molar-refractivity contribution >= 4 is 6.40 Å². The predicted molar refractivity (Wildman–Crippen MR) is 37.8 cm³/mol. The van der Waals surface area contributed by atoms with Gasteiger partial charge < -0.3 is 4.74 Å². The maximum atomic E-state index is 4.96. The summed E-state index contributed by atoms with van der Waals surface area (Å²) < 4.78 is 4.96. The molecular weight excluding hydrogens is 114 g/mol. The van der Waals surface area contributed by atoms with Crippen LogP contribution in [0.3, 0.4) is 0 Å². The third kappa shape index (κ3) is 2.04. The molecule has 1 atom stereocenters. The van der Waals surface area contributed by atoms with Gasteiger partial charge in [-0.2, -0.15) is 0 Å². The normalized spacial score (nSPS) is 24.3. The van der Waals surface area contributed by atoms with Crippen LogP contribution in [0.1, 0.15) is 26.2 Å². The molecule has 2 nitrogen and oxygen atoms in total. The van der Waals surface area contributed by atoms with Gasteiger partial charge in [-0.3, -0.25) is 4.99 Å². The zero-order chi connectivity index (χ0) is 6.53. The van der Waals surface area contributed by atoms with E-state index in [0.717, 1.165) is 6.61 Å². The zero-order valence-corrected chi connectivity index (χ0v) is 5.84. The molecule has 1 aliphatic rings. The summed E-state index contributed by atoms with van der Waals surface area (Å²) in [6, 6.07) is 0.463. The van der Waals surface area contributed by atoms with Crippen molar-refractivity contribution in [1.29, 1.82) is 0 Å². The van der Waals surface area contributed by atoms with E-state index in [2.05, 4.69) is 11.9 Å². The van der Waals surface area contributed by atoms with Gasteiger partial charge in [-0.05, 0) is 6.42 Å². The van der Waals surface area contributed by atoms with Gasteiger partial charge >= 0.3 is 0 Å². The van der Waals surface area contributed by atoms with Crippen LogP contribution in [0.5, 0.6) is 0 Å². The largest absolute Gasteiger partial charge is 0.481 e. The van der Waals surface area contributed by atoms with Crippen molar-refractivity contribution in [2.45, 2.75) is 32.2 Å². The Morgan fingerprint density at radius 3 is 3.22 bits per heavy atom. The van der Waals surface area contributed by atoms with E-state index in [4.69, 9.17) is 4.74 Å². The van der Waals surface area contributed by atoms with E-state index < -0.39 is 0 Å². The van der Waals surface area contributed by atoms with Crippen LogP contribution in [-0.4, -0.2) is 19.0 Å². The molecule has 0 saturated heterocycles. The monoisotopic (exact) mass is 127 g/mol. The van der Waals surface area contributed by atoms with Gasteiger partial charge in [0.15, 0.2) is 6.40 Å². The fourth-order valence-corrected chi connectivity index (χ4v) is 0.924. The fourth-order valence-electron chi connectivity index (χ4n) is 0.924. The highest BCUT2D eigenvalue weighted by molar-refractivity contribution is 5.48. The molecule has 0 aromatic rings. The van der Waals surface area contributed by atoms with Gasteiger partial charge in [0.1, 0.15) is 6.61 Å². The molecule has 0 amide bonds. The Labute approximate surface area is 55.9 Å². The number of aliphatic imine (C=N–C) groups is 1. The molecule has 2 heteroatoms. The predicted octanol–water partition coefficient (Wildman–Crippen LogP) is 1.60. The van der Waals surface area contributed by atoms with Crippen molar-refractivity contribution in [3.63, 3.8) is 0 Å². The third-order valence-corrected chi connectivity index (χ3v) is 1.53. The smallest absolute Gasteiger partial charge is 0.169 e. The molecular formula is C7H13NO. The molecule has 0 bridgehead atoms. The van der Waals surface area contributed by atoms with E-state index >= 15 is 0 Å². The third-order valence-electron chi connectivity index (χ3n) is 1.53. The Kier molecular flexibility index (Phi) is 2.55. The Balaban J connectivity index is 2.05. The summed E-state index contributed by atoms with van der Waals surface area (Å²) in [6.07, 6.45) is 5.28. The highest BCUT2D eigenvalue weighted by Crippen LogP contribution is 2.07. The van der Waals surface area contributed by atoms with Crippen molar-refractivity contribution < 1.29 is 4.74 Å². The Morgan fingerprint density at radius 1 is 1.78 bits per heavy atom. The molecule has 1 heterocycles. The van der Waals surface area contributed by atoms with E-state index in [1.807, 2.05) is 0 Å². The molecule has 0 radical (unpaired) electrons. The molecule has 0 aliphatic carbocycles.